The van der Waals surface area contributed by atoms with Gasteiger partial charge in [-0.1, -0.05) is 18.1 Å². The van der Waals surface area contributed by atoms with Crippen molar-refractivity contribution in [3.05, 3.63) is 29.8 Å². The van der Waals surface area contributed by atoms with E-state index in [9.17, 15) is 4.79 Å². The Morgan fingerprint density at radius 3 is 2.84 bits per heavy atom. The molecule has 0 atom stereocenters. The van der Waals surface area contributed by atoms with E-state index < -0.39 is 5.97 Å². The highest BCUT2D eigenvalue weighted by molar-refractivity contribution is 5.86. The van der Waals surface area contributed by atoms with Gasteiger partial charge in [0.1, 0.15) is 6.61 Å². The molecule has 0 heterocycles. The molecule has 0 radical (unpaired) electrons. The average Bonchev–Trinajstić information content (AvgIpc) is 2.39. The fourth-order valence-corrected chi connectivity index (χ4v) is 1.43. The van der Waals surface area contributed by atoms with Crippen molar-refractivity contribution < 1.29 is 19.4 Å². The highest BCUT2D eigenvalue weighted by atomic mass is 16.5. The zero-order chi connectivity index (χ0) is 14.1. The average molecular weight is 260 g/mol. The van der Waals surface area contributed by atoms with Crippen LogP contribution in [-0.2, 0) is 4.79 Å². The number of carboxylic acid groups (broad SMARTS) is 1. The van der Waals surface area contributed by atoms with E-state index in [4.69, 9.17) is 14.6 Å². The predicted octanol–water partition coefficient (Wildman–Crippen LogP) is 2.59. The molecule has 19 heavy (non-hydrogen) atoms. The Morgan fingerprint density at radius 2 is 2.21 bits per heavy atom. The van der Waals surface area contributed by atoms with Crippen molar-refractivity contribution in [2.45, 2.75) is 13.8 Å². The highest BCUT2D eigenvalue weighted by Gasteiger charge is 2.09. The Bertz CT molecular complexity index is 521. The summed E-state index contributed by atoms with van der Waals surface area (Å²) in [6.07, 6.45) is 2.53. The maximum atomic E-state index is 10.6. The number of rotatable bonds is 6. The van der Waals surface area contributed by atoms with Gasteiger partial charge < -0.3 is 14.6 Å². The van der Waals surface area contributed by atoms with Crippen LogP contribution in [0.4, 0.5) is 0 Å². The molecule has 0 aliphatic heterocycles. The fraction of sp³-hybridized carbons (Fsp3) is 0.267. The van der Waals surface area contributed by atoms with Gasteiger partial charge in [-0.25, -0.2) is 4.79 Å². The molecule has 0 fully saturated rings. The van der Waals surface area contributed by atoms with E-state index in [1.54, 1.807) is 25.1 Å². The summed E-state index contributed by atoms with van der Waals surface area (Å²) in [5.41, 5.74) is 0.645. The second kappa shape index (κ2) is 7.83. The molecular weight excluding hydrogens is 244 g/mol. The molecule has 1 N–H and O–H groups in total. The van der Waals surface area contributed by atoms with Crippen LogP contribution in [-0.4, -0.2) is 24.3 Å². The topological polar surface area (TPSA) is 55.8 Å². The SMILES string of the molecule is CC#CCOc1c(C=CC(=O)O)cccc1OCC. The second-order valence-corrected chi connectivity index (χ2v) is 3.49. The van der Waals surface area contributed by atoms with E-state index >= 15 is 0 Å². The molecule has 4 nitrogen and oxygen atoms in total. The lowest BCUT2D eigenvalue weighted by Crippen LogP contribution is -2.01. The summed E-state index contributed by atoms with van der Waals surface area (Å²) in [6.45, 7) is 4.33. The minimum absolute atomic E-state index is 0.231. The molecule has 1 rings (SSSR count). The molecule has 0 saturated carbocycles. The number of para-hydroxylation sites is 1. The molecular formula is C15H16O4. The first-order valence-electron chi connectivity index (χ1n) is 5.88. The molecule has 0 saturated heterocycles. The van der Waals surface area contributed by atoms with E-state index in [2.05, 4.69) is 11.8 Å². The molecule has 1 aromatic carbocycles. The number of hydrogen-bond donors (Lipinski definition) is 1. The summed E-state index contributed by atoms with van der Waals surface area (Å²) in [4.78, 5) is 10.6. The maximum absolute atomic E-state index is 10.6. The van der Waals surface area contributed by atoms with Crippen molar-refractivity contribution in [2.75, 3.05) is 13.2 Å². The quantitative estimate of drug-likeness (QED) is 0.631. The summed E-state index contributed by atoms with van der Waals surface area (Å²) in [5.74, 6) is 5.59. The molecule has 100 valence electrons. The normalized spacial score (nSPS) is 9.79. The van der Waals surface area contributed by atoms with Gasteiger partial charge in [0, 0.05) is 11.6 Å². The van der Waals surface area contributed by atoms with Crippen LogP contribution in [0, 0.1) is 11.8 Å². The van der Waals surface area contributed by atoms with Gasteiger partial charge in [0.05, 0.1) is 6.61 Å². The van der Waals surface area contributed by atoms with Gasteiger partial charge in [-0.05, 0) is 26.0 Å². The largest absolute Gasteiger partial charge is 0.490 e. The summed E-state index contributed by atoms with van der Waals surface area (Å²) in [7, 11) is 0. The van der Waals surface area contributed by atoms with Gasteiger partial charge in [-0.2, -0.15) is 0 Å². The van der Waals surface area contributed by atoms with Crippen molar-refractivity contribution in [1.29, 1.82) is 0 Å². The molecule has 0 aliphatic carbocycles. The molecule has 0 spiro atoms. The number of benzene rings is 1. The Hall–Kier alpha value is -2.41. The smallest absolute Gasteiger partial charge is 0.328 e. The fourth-order valence-electron chi connectivity index (χ4n) is 1.43. The first-order chi connectivity index (χ1) is 9.19. The van der Waals surface area contributed by atoms with Crippen LogP contribution in [0.15, 0.2) is 24.3 Å². The number of aliphatic carboxylic acids is 1. The van der Waals surface area contributed by atoms with E-state index in [1.807, 2.05) is 6.92 Å². The molecule has 1 aromatic rings. The van der Waals surface area contributed by atoms with Crippen molar-refractivity contribution >= 4 is 12.0 Å². The summed E-state index contributed by atoms with van der Waals surface area (Å²) in [5, 5.41) is 8.67. The Labute approximate surface area is 112 Å². The van der Waals surface area contributed by atoms with Gasteiger partial charge in [0.2, 0.25) is 0 Å². The van der Waals surface area contributed by atoms with Crippen LogP contribution < -0.4 is 9.47 Å². The van der Waals surface area contributed by atoms with Crippen LogP contribution in [0.25, 0.3) is 6.08 Å². The molecule has 4 heteroatoms. The molecule has 0 aliphatic rings. The van der Waals surface area contributed by atoms with Crippen LogP contribution in [0.1, 0.15) is 19.4 Å². The molecule has 0 aromatic heterocycles. The third-order valence-corrected chi connectivity index (χ3v) is 2.18. The van der Waals surface area contributed by atoms with Crippen molar-refractivity contribution in [1.82, 2.24) is 0 Å². The summed E-state index contributed by atoms with van der Waals surface area (Å²) in [6, 6.07) is 5.32. The predicted molar refractivity (Wildman–Crippen MR) is 73.2 cm³/mol. The zero-order valence-corrected chi connectivity index (χ0v) is 11.0. The first kappa shape index (κ1) is 14.7. The maximum Gasteiger partial charge on any atom is 0.328 e. The van der Waals surface area contributed by atoms with Gasteiger partial charge in [0.15, 0.2) is 11.5 Å². The molecule has 0 amide bonds. The van der Waals surface area contributed by atoms with Gasteiger partial charge >= 0.3 is 5.97 Å². The number of hydrogen-bond acceptors (Lipinski definition) is 3. The Balaban J connectivity index is 3.07. The first-order valence-corrected chi connectivity index (χ1v) is 5.88. The summed E-state index contributed by atoms with van der Waals surface area (Å²) < 4.78 is 11.0. The third-order valence-electron chi connectivity index (χ3n) is 2.18. The van der Waals surface area contributed by atoms with Gasteiger partial charge in [0.25, 0.3) is 0 Å². The third kappa shape index (κ3) is 4.76. The van der Waals surface area contributed by atoms with E-state index in [1.165, 1.54) is 6.08 Å². The monoisotopic (exact) mass is 260 g/mol. The summed E-state index contributed by atoms with van der Waals surface area (Å²) >= 11 is 0. The minimum atomic E-state index is -1.01. The van der Waals surface area contributed by atoms with Crippen LogP contribution in [0.5, 0.6) is 11.5 Å². The van der Waals surface area contributed by atoms with Gasteiger partial charge in [-0.15, -0.1) is 5.92 Å². The number of ether oxygens (including phenoxy) is 2. The van der Waals surface area contributed by atoms with Crippen LogP contribution in [0.2, 0.25) is 0 Å². The van der Waals surface area contributed by atoms with Crippen LogP contribution in [0.3, 0.4) is 0 Å². The van der Waals surface area contributed by atoms with Crippen molar-refractivity contribution in [3.8, 4) is 23.3 Å². The van der Waals surface area contributed by atoms with E-state index in [-0.39, 0.29) is 6.61 Å². The van der Waals surface area contributed by atoms with Gasteiger partial charge in [-0.3, -0.25) is 0 Å². The zero-order valence-electron chi connectivity index (χ0n) is 11.0. The number of carbonyl (C=O) groups is 1. The standard InChI is InChI=1S/C15H16O4/c1-3-5-11-19-15-12(9-10-14(16)17)7-6-8-13(15)18-4-2/h6-10H,4,11H2,1-2H3,(H,16,17). The Morgan fingerprint density at radius 1 is 1.42 bits per heavy atom. The number of carboxylic acids is 1. The van der Waals surface area contributed by atoms with Crippen molar-refractivity contribution in [2.24, 2.45) is 0 Å². The van der Waals surface area contributed by atoms with Crippen molar-refractivity contribution in [3.63, 3.8) is 0 Å². The van der Waals surface area contributed by atoms with E-state index in [0.29, 0.717) is 23.7 Å². The lowest BCUT2D eigenvalue weighted by Gasteiger charge is -2.12. The minimum Gasteiger partial charge on any atom is -0.490 e. The molecule has 0 bridgehead atoms. The van der Waals surface area contributed by atoms with Crippen LogP contribution >= 0.6 is 0 Å². The highest BCUT2D eigenvalue weighted by Crippen LogP contribution is 2.32. The molecule has 0 unspecified atom stereocenters. The van der Waals surface area contributed by atoms with E-state index in [0.717, 1.165) is 6.08 Å². The lowest BCUT2D eigenvalue weighted by molar-refractivity contribution is -0.131. The second-order valence-electron chi connectivity index (χ2n) is 3.49. The lowest BCUT2D eigenvalue weighted by atomic mass is 10.1. The Kier molecular flexibility index (Phi) is 6.04.